The zero-order chi connectivity index (χ0) is 18.5. The van der Waals surface area contributed by atoms with Gasteiger partial charge in [-0.05, 0) is 55.5 Å². The number of benzene rings is 1. The van der Waals surface area contributed by atoms with E-state index in [1.54, 1.807) is 22.7 Å². The molecule has 0 aliphatic rings. The van der Waals surface area contributed by atoms with E-state index in [-0.39, 0.29) is 0 Å². The zero-order valence-corrected chi connectivity index (χ0v) is 16.3. The molecule has 26 heavy (non-hydrogen) atoms. The second-order valence-corrected chi connectivity index (χ2v) is 7.16. The molecule has 0 aliphatic heterocycles. The van der Waals surface area contributed by atoms with Crippen LogP contribution in [-0.2, 0) is 6.61 Å². The first kappa shape index (κ1) is 18.5. The predicted octanol–water partition coefficient (Wildman–Crippen LogP) is 4.71. The zero-order valence-electron chi connectivity index (χ0n) is 14.8. The number of ether oxygens (including phenoxy) is 1. The number of hydrogen-bond donors (Lipinski definition) is 0. The van der Waals surface area contributed by atoms with E-state index in [9.17, 15) is 0 Å². The molecule has 0 bridgehead atoms. The van der Waals surface area contributed by atoms with Crippen LogP contribution in [0.5, 0.6) is 5.75 Å². The Morgan fingerprint density at radius 3 is 2.88 bits per heavy atom. The summed E-state index contributed by atoms with van der Waals surface area (Å²) in [5.41, 5.74) is 0.974. The summed E-state index contributed by atoms with van der Waals surface area (Å²) in [6.07, 6.45) is 1.64. The van der Waals surface area contributed by atoms with Gasteiger partial charge in [-0.1, -0.05) is 30.3 Å². The van der Waals surface area contributed by atoms with Gasteiger partial charge in [-0.25, -0.2) is 0 Å². The van der Waals surface area contributed by atoms with Gasteiger partial charge in [0.1, 0.15) is 23.9 Å². The SMILES string of the molecule is CCSc1nnc(C)n1N=Cc1ccc(COc2ccc(Cl)c(C)c2)o1. The third-order valence-electron chi connectivity index (χ3n) is 3.53. The van der Waals surface area contributed by atoms with Crippen LogP contribution in [0.2, 0.25) is 5.02 Å². The minimum Gasteiger partial charge on any atom is -0.486 e. The highest BCUT2D eigenvalue weighted by Crippen LogP contribution is 2.22. The molecule has 0 spiro atoms. The molecule has 6 nitrogen and oxygen atoms in total. The van der Waals surface area contributed by atoms with E-state index in [0.717, 1.165) is 33.1 Å². The smallest absolute Gasteiger partial charge is 0.212 e. The van der Waals surface area contributed by atoms with Crippen molar-refractivity contribution in [3.05, 3.63) is 58.3 Å². The third-order valence-corrected chi connectivity index (χ3v) is 4.76. The quantitative estimate of drug-likeness (QED) is 0.431. The Kier molecular flexibility index (Phi) is 6.00. The number of aromatic nitrogens is 3. The van der Waals surface area contributed by atoms with Crippen LogP contribution in [0.3, 0.4) is 0 Å². The summed E-state index contributed by atoms with van der Waals surface area (Å²) in [7, 11) is 0. The van der Waals surface area contributed by atoms with Crippen LogP contribution in [0.4, 0.5) is 0 Å². The van der Waals surface area contributed by atoms with Crippen molar-refractivity contribution in [3.63, 3.8) is 0 Å². The van der Waals surface area contributed by atoms with E-state index in [4.69, 9.17) is 20.8 Å². The van der Waals surface area contributed by atoms with Gasteiger partial charge >= 0.3 is 0 Å². The van der Waals surface area contributed by atoms with Gasteiger partial charge in [0.05, 0.1) is 6.21 Å². The summed E-state index contributed by atoms with van der Waals surface area (Å²) in [4.78, 5) is 0. The lowest BCUT2D eigenvalue weighted by atomic mass is 10.2. The van der Waals surface area contributed by atoms with Crippen molar-refractivity contribution in [2.75, 3.05) is 5.75 Å². The fraction of sp³-hybridized carbons (Fsp3) is 0.278. The molecule has 0 aliphatic carbocycles. The molecule has 0 fully saturated rings. The maximum atomic E-state index is 6.02. The molecular formula is C18H19ClN4O2S. The van der Waals surface area contributed by atoms with Gasteiger partial charge in [0.15, 0.2) is 5.82 Å². The van der Waals surface area contributed by atoms with E-state index in [2.05, 4.69) is 22.2 Å². The molecule has 136 valence electrons. The summed E-state index contributed by atoms with van der Waals surface area (Å²) < 4.78 is 13.2. The Balaban J connectivity index is 1.64. The van der Waals surface area contributed by atoms with Crippen LogP contribution in [0.1, 0.15) is 29.8 Å². The van der Waals surface area contributed by atoms with Crippen molar-refractivity contribution >= 4 is 29.6 Å². The molecule has 0 atom stereocenters. The molecular weight excluding hydrogens is 372 g/mol. The van der Waals surface area contributed by atoms with Crippen LogP contribution >= 0.6 is 23.4 Å². The fourth-order valence-corrected chi connectivity index (χ4v) is 2.98. The van der Waals surface area contributed by atoms with Crippen molar-refractivity contribution in [1.82, 2.24) is 14.9 Å². The second-order valence-electron chi connectivity index (χ2n) is 5.52. The lowest BCUT2D eigenvalue weighted by Crippen LogP contribution is -1.96. The number of rotatable bonds is 7. The standard InChI is InChI=1S/C18H19ClN4O2S/c1-4-26-18-22-21-13(3)23(18)20-10-15-5-6-16(25-15)11-24-14-7-8-17(19)12(2)9-14/h5-10H,4,11H2,1-3H3. The molecule has 3 rings (SSSR count). The Labute approximate surface area is 161 Å². The predicted molar refractivity (Wildman–Crippen MR) is 103 cm³/mol. The molecule has 3 aromatic rings. The maximum Gasteiger partial charge on any atom is 0.212 e. The van der Waals surface area contributed by atoms with Crippen molar-refractivity contribution in [1.29, 1.82) is 0 Å². The van der Waals surface area contributed by atoms with Crippen LogP contribution in [0.25, 0.3) is 0 Å². The normalized spacial score (nSPS) is 11.4. The first-order valence-electron chi connectivity index (χ1n) is 8.13. The maximum absolute atomic E-state index is 6.02. The number of aryl methyl sites for hydroxylation is 2. The van der Waals surface area contributed by atoms with Crippen molar-refractivity contribution in [3.8, 4) is 5.75 Å². The Bertz CT molecular complexity index is 920. The van der Waals surface area contributed by atoms with Gasteiger partial charge in [0.25, 0.3) is 0 Å². The van der Waals surface area contributed by atoms with E-state index in [0.29, 0.717) is 18.1 Å². The fourth-order valence-electron chi connectivity index (χ4n) is 2.21. The minimum absolute atomic E-state index is 0.331. The lowest BCUT2D eigenvalue weighted by Gasteiger charge is -2.05. The number of halogens is 1. The number of hydrogen-bond acceptors (Lipinski definition) is 6. The molecule has 0 saturated heterocycles. The van der Waals surface area contributed by atoms with Gasteiger partial charge < -0.3 is 9.15 Å². The Hall–Kier alpha value is -2.25. The van der Waals surface area contributed by atoms with E-state index in [1.807, 2.05) is 44.2 Å². The number of furan rings is 1. The summed E-state index contributed by atoms with van der Waals surface area (Å²) in [6, 6.07) is 9.27. The van der Waals surface area contributed by atoms with Crippen LogP contribution in [0, 0.1) is 13.8 Å². The molecule has 2 aromatic heterocycles. The largest absolute Gasteiger partial charge is 0.486 e. The molecule has 0 radical (unpaired) electrons. The van der Waals surface area contributed by atoms with Gasteiger partial charge in [-0.3, -0.25) is 0 Å². The minimum atomic E-state index is 0.331. The highest BCUT2D eigenvalue weighted by molar-refractivity contribution is 7.99. The van der Waals surface area contributed by atoms with Crippen molar-refractivity contribution < 1.29 is 9.15 Å². The molecule has 0 saturated carbocycles. The summed E-state index contributed by atoms with van der Waals surface area (Å²) >= 11 is 7.61. The summed E-state index contributed by atoms with van der Waals surface area (Å²) in [5.74, 6) is 3.73. The summed E-state index contributed by atoms with van der Waals surface area (Å²) in [6.45, 7) is 6.19. The van der Waals surface area contributed by atoms with Gasteiger partial charge in [-0.15, -0.1) is 10.2 Å². The van der Waals surface area contributed by atoms with Crippen LogP contribution in [0.15, 0.2) is 45.0 Å². The average molecular weight is 391 g/mol. The second kappa shape index (κ2) is 8.42. The molecule has 0 amide bonds. The van der Waals surface area contributed by atoms with Crippen molar-refractivity contribution in [2.45, 2.75) is 32.5 Å². The first-order chi connectivity index (χ1) is 12.6. The van der Waals surface area contributed by atoms with E-state index >= 15 is 0 Å². The molecule has 8 heteroatoms. The summed E-state index contributed by atoms with van der Waals surface area (Å²) in [5, 5.41) is 14.0. The third kappa shape index (κ3) is 4.47. The van der Waals surface area contributed by atoms with Gasteiger partial charge in [-0.2, -0.15) is 9.78 Å². The topological polar surface area (TPSA) is 65.4 Å². The van der Waals surface area contributed by atoms with Crippen LogP contribution < -0.4 is 4.74 Å². The Morgan fingerprint density at radius 1 is 1.27 bits per heavy atom. The monoisotopic (exact) mass is 390 g/mol. The lowest BCUT2D eigenvalue weighted by molar-refractivity contribution is 0.269. The van der Waals surface area contributed by atoms with Gasteiger partial charge in [0.2, 0.25) is 5.16 Å². The highest BCUT2D eigenvalue weighted by atomic mass is 35.5. The molecule has 1 aromatic carbocycles. The van der Waals surface area contributed by atoms with Gasteiger partial charge in [0, 0.05) is 5.02 Å². The molecule has 0 unspecified atom stereocenters. The van der Waals surface area contributed by atoms with Crippen LogP contribution in [-0.4, -0.2) is 26.8 Å². The van der Waals surface area contributed by atoms with Crippen molar-refractivity contribution in [2.24, 2.45) is 5.10 Å². The Morgan fingerprint density at radius 2 is 2.12 bits per heavy atom. The highest BCUT2D eigenvalue weighted by Gasteiger charge is 2.08. The van der Waals surface area contributed by atoms with E-state index in [1.165, 1.54) is 0 Å². The molecule has 0 N–H and O–H groups in total. The first-order valence-corrected chi connectivity index (χ1v) is 9.50. The number of thioether (sulfide) groups is 1. The average Bonchev–Trinajstić information content (AvgIpc) is 3.21. The number of nitrogens with zero attached hydrogens (tertiary/aromatic N) is 4. The van der Waals surface area contributed by atoms with E-state index < -0.39 is 0 Å². The molecule has 2 heterocycles.